The fraction of sp³-hybridized carbons (Fsp3) is 0.0952. The van der Waals surface area contributed by atoms with Crippen molar-refractivity contribution in [2.45, 2.75) is 6.92 Å². The second kappa shape index (κ2) is 4.71. The van der Waals surface area contributed by atoms with Crippen molar-refractivity contribution in [1.82, 2.24) is 8.97 Å². The molecule has 3 nitrogen and oxygen atoms in total. The van der Waals surface area contributed by atoms with Crippen LogP contribution in [-0.4, -0.2) is 8.97 Å². The highest BCUT2D eigenvalue weighted by Gasteiger charge is 2.26. The number of benzene rings is 3. The van der Waals surface area contributed by atoms with E-state index in [1.165, 1.54) is 39.1 Å². The summed E-state index contributed by atoms with van der Waals surface area (Å²) in [5.74, 6) is 1.17. The Balaban J connectivity index is 2.11. The molecule has 116 valence electrons. The highest BCUT2D eigenvalue weighted by atomic mass is 15.3. The lowest BCUT2D eigenvalue weighted by Crippen LogP contribution is -2.29. The van der Waals surface area contributed by atoms with Gasteiger partial charge >= 0.3 is 5.78 Å². The molecule has 0 spiro atoms. The van der Waals surface area contributed by atoms with Crippen molar-refractivity contribution in [3.8, 4) is 5.69 Å². The molecule has 0 aliphatic rings. The third kappa shape index (κ3) is 1.59. The first-order chi connectivity index (χ1) is 11.8. The van der Waals surface area contributed by atoms with Crippen molar-refractivity contribution < 1.29 is 4.57 Å². The lowest BCUT2D eigenvalue weighted by atomic mass is 10.2. The standard InChI is InChI=1S/C21H18N3/c1-15-9-3-4-10-16(15)23-19-13-7-8-14-20(19)24-18-12-6-5-11-17(18)22(2)21(23)24/h3-14H,1-2H3/q+1. The van der Waals surface area contributed by atoms with Crippen molar-refractivity contribution in [2.24, 2.45) is 7.05 Å². The molecule has 0 aliphatic heterocycles. The molecular formula is C21H18N3+. The highest BCUT2D eigenvalue weighted by Crippen LogP contribution is 2.28. The van der Waals surface area contributed by atoms with Gasteiger partial charge in [0.2, 0.25) is 0 Å². The molecule has 2 heterocycles. The van der Waals surface area contributed by atoms with Crippen LogP contribution >= 0.6 is 0 Å². The second-order valence-electron chi connectivity index (χ2n) is 6.29. The first-order valence-corrected chi connectivity index (χ1v) is 8.22. The first kappa shape index (κ1) is 13.4. The van der Waals surface area contributed by atoms with E-state index in [1.54, 1.807) is 0 Å². The number of nitrogens with zero attached hydrogens (tertiary/aromatic N) is 3. The normalized spacial score (nSPS) is 11.8. The monoisotopic (exact) mass is 312 g/mol. The maximum Gasteiger partial charge on any atom is 0.375 e. The number of fused-ring (bicyclic) bond motifs is 5. The molecule has 24 heavy (non-hydrogen) atoms. The minimum absolute atomic E-state index is 1.17. The Labute approximate surface area is 140 Å². The summed E-state index contributed by atoms with van der Waals surface area (Å²) >= 11 is 0. The van der Waals surface area contributed by atoms with Gasteiger partial charge in [0.15, 0.2) is 0 Å². The SMILES string of the molecule is Cc1ccccc1-n1c2ccccc2n2c3ccccc3[n+](C)c12. The quantitative estimate of drug-likeness (QED) is 0.412. The van der Waals surface area contributed by atoms with E-state index in [2.05, 4.69) is 100 Å². The molecule has 0 saturated heterocycles. The Kier molecular flexibility index (Phi) is 2.63. The summed E-state index contributed by atoms with van der Waals surface area (Å²) in [7, 11) is 2.14. The van der Waals surface area contributed by atoms with Crippen LogP contribution in [-0.2, 0) is 7.05 Å². The molecule has 0 radical (unpaired) electrons. The van der Waals surface area contributed by atoms with E-state index in [0.29, 0.717) is 0 Å². The molecule has 3 heteroatoms. The molecule has 0 atom stereocenters. The van der Waals surface area contributed by atoms with E-state index >= 15 is 0 Å². The summed E-state index contributed by atoms with van der Waals surface area (Å²) in [6.07, 6.45) is 0. The molecule has 3 aromatic carbocycles. The average molecular weight is 312 g/mol. The van der Waals surface area contributed by atoms with Gasteiger partial charge in [0.25, 0.3) is 0 Å². The van der Waals surface area contributed by atoms with E-state index in [-0.39, 0.29) is 0 Å². The first-order valence-electron chi connectivity index (χ1n) is 8.22. The summed E-state index contributed by atoms with van der Waals surface area (Å²) in [6.45, 7) is 2.17. The number of rotatable bonds is 1. The number of hydrogen-bond donors (Lipinski definition) is 0. The number of aromatic nitrogens is 3. The van der Waals surface area contributed by atoms with Crippen molar-refractivity contribution in [3.05, 3.63) is 78.4 Å². The second-order valence-corrected chi connectivity index (χ2v) is 6.29. The van der Waals surface area contributed by atoms with E-state index < -0.39 is 0 Å². The Morgan fingerprint density at radius 3 is 2.12 bits per heavy atom. The lowest BCUT2D eigenvalue weighted by Gasteiger charge is -2.04. The van der Waals surface area contributed by atoms with E-state index in [0.717, 1.165) is 0 Å². The zero-order valence-corrected chi connectivity index (χ0v) is 13.8. The van der Waals surface area contributed by atoms with Gasteiger partial charge in [0, 0.05) is 0 Å². The summed E-state index contributed by atoms with van der Waals surface area (Å²) in [5.41, 5.74) is 7.42. The van der Waals surface area contributed by atoms with Crippen LogP contribution in [0.5, 0.6) is 0 Å². The third-order valence-corrected chi connectivity index (χ3v) is 4.90. The molecule has 0 amide bonds. The average Bonchev–Trinajstić information content (AvgIpc) is 3.10. The Hall–Kier alpha value is -3.07. The van der Waals surface area contributed by atoms with Crippen LogP contribution in [0, 0.1) is 6.92 Å². The van der Waals surface area contributed by atoms with Gasteiger partial charge in [0.05, 0.1) is 7.05 Å². The van der Waals surface area contributed by atoms with Crippen LogP contribution in [0.2, 0.25) is 0 Å². The largest absolute Gasteiger partial charge is 0.375 e. The summed E-state index contributed by atoms with van der Waals surface area (Å²) in [5, 5.41) is 0. The van der Waals surface area contributed by atoms with Crippen LogP contribution < -0.4 is 4.57 Å². The van der Waals surface area contributed by atoms with Crippen molar-refractivity contribution in [3.63, 3.8) is 0 Å². The zero-order valence-electron chi connectivity index (χ0n) is 13.8. The molecule has 5 aromatic rings. The zero-order chi connectivity index (χ0) is 16.3. The predicted molar refractivity (Wildman–Crippen MR) is 97.6 cm³/mol. The molecule has 0 saturated carbocycles. The number of para-hydroxylation sites is 5. The summed E-state index contributed by atoms with van der Waals surface area (Å²) in [6, 6.07) is 25.8. The molecule has 0 fully saturated rings. The number of aryl methyl sites for hydroxylation is 2. The van der Waals surface area contributed by atoms with Crippen LogP contribution in [0.1, 0.15) is 5.56 Å². The van der Waals surface area contributed by atoms with Gasteiger partial charge in [-0.25, -0.2) is 4.57 Å². The van der Waals surface area contributed by atoms with E-state index in [1.807, 2.05) is 0 Å². The van der Waals surface area contributed by atoms with Crippen LogP contribution in [0.25, 0.3) is 33.5 Å². The van der Waals surface area contributed by atoms with Crippen LogP contribution in [0.4, 0.5) is 0 Å². The maximum atomic E-state index is 2.37. The molecule has 0 bridgehead atoms. The molecule has 0 unspecified atom stereocenters. The molecular weight excluding hydrogens is 294 g/mol. The molecule has 0 aliphatic carbocycles. The third-order valence-electron chi connectivity index (χ3n) is 4.90. The van der Waals surface area contributed by atoms with Crippen molar-refractivity contribution in [2.75, 3.05) is 0 Å². The van der Waals surface area contributed by atoms with Gasteiger partial charge in [-0.2, -0.15) is 8.97 Å². The summed E-state index contributed by atoms with van der Waals surface area (Å²) in [4.78, 5) is 0. The Bertz CT molecular complexity index is 1220. The van der Waals surface area contributed by atoms with Gasteiger partial charge in [-0.15, -0.1) is 0 Å². The van der Waals surface area contributed by atoms with Crippen LogP contribution in [0.15, 0.2) is 72.8 Å². The van der Waals surface area contributed by atoms with E-state index in [9.17, 15) is 0 Å². The van der Waals surface area contributed by atoms with E-state index in [4.69, 9.17) is 0 Å². The Morgan fingerprint density at radius 1 is 0.708 bits per heavy atom. The van der Waals surface area contributed by atoms with Gasteiger partial charge in [-0.1, -0.05) is 42.5 Å². The Morgan fingerprint density at radius 2 is 1.33 bits per heavy atom. The minimum Gasteiger partial charge on any atom is -0.230 e. The number of hydrogen-bond acceptors (Lipinski definition) is 0. The fourth-order valence-corrected chi connectivity index (χ4v) is 3.79. The lowest BCUT2D eigenvalue weighted by molar-refractivity contribution is -0.620. The maximum absolute atomic E-state index is 2.37. The number of imidazole rings is 2. The van der Waals surface area contributed by atoms with Crippen molar-refractivity contribution >= 4 is 27.8 Å². The van der Waals surface area contributed by atoms with Gasteiger partial charge in [-0.05, 0) is 42.8 Å². The topological polar surface area (TPSA) is 13.2 Å². The molecule has 2 aromatic heterocycles. The minimum atomic E-state index is 1.17. The van der Waals surface area contributed by atoms with Crippen LogP contribution in [0.3, 0.4) is 0 Å². The fourth-order valence-electron chi connectivity index (χ4n) is 3.79. The predicted octanol–water partition coefficient (Wildman–Crippen LogP) is 4.17. The van der Waals surface area contributed by atoms with Gasteiger partial charge < -0.3 is 0 Å². The van der Waals surface area contributed by atoms with Crippen molar-refractivity contribution in [1.29, 1.82) is 0 Å². The van der Waals surface area contributed by atoms with Gasteiger partial charge in [0.1, 0.15) is 27.8 Å². The summed E-state index contributed by atoms with van der Waals surface area (Å²) < 4.78 is 7.00. The molecule has 0 N–H and O–H groups in total. The highest BCUT2D eigenvalue weighted by molar-refractivity contribution is 5.89. The molecule has 5 rings (SSSR count). The smallest absolute Gasteiger partial charge is 0.230 e. The van der Waals surface area contributed by atoms with Gasteiger partial charge in [-0.3, -0.25) is 0 Å².